The fourth-order valence-corrected chi connectivity index (χ4v) is 2.84. The fraction of sp³-hybridized carbons (Fsp3) is 0.294. The molecule has 106 valence electrons. The molecule has 0 heterocycles. The highest BCUT2D eigenvalue weighted by atomic mass is 79.9. The highest BCUT2D eigenvalue weighted by Crippen LogP contribution is 2.24. The average molecular weight is 333 g/mol. The van der Waals surface area contributed by atoms with Crippen LogP contribution >= 0.6 is 15.9 Å². The molecule has 2 aromatic carbocycles. The van der Waals surface area contributed by atoms with Crippen molar-refractivity contribution < 1.29 is 0 Å². The van der Waals surface area contributed by atoms with E-state index in [1.807, 2.05) is 0 Å². The lowest BCUT2D eigenvalue weighted by Gasteiger charge is -2.25. The van der Waals surface area contributed by atoms with Gasteiger partial charge in [-0.1, -0.05) is 53.2 Å². The zero-order valence-corrected chi connectivity index (χ0v) is 13.4. The van der Waals surface area contributed by atoms with Gasteiger partial charge < -0.3 is 10.6 Å². The number of nitrogens with two attached hydrogens (primary N) is 1. The van der Waals surface area contributed by atoms with E-state index in [2.05, 4.69) is 76.3 Å². The number of hydrogen-bond donors (Lipinski definition) is 1. The van der Waals surface area contributed by atoms with Gasteiger partial charge in [-0.3, -0.25) is 0 Å². The lowest BCUT2D eigenvalue weighted by atomic mass is 10.1. The standard InChI is InChI=1S/C17H21BrN2/c1-2-8-20(13-14-6-4-3-5-7-14)17-10-15(12-19)9-16(18)11-17/h3-7,9-11H,2,8,12-13,19H2,1H3. The second kappa shape index (κ2) is 7.46. The molecule has 0 bridgehead atoms. The van der Waals surface area contributed by atoms with Crippen LogP contribution in [0.4, 0.5) is 5.69 Å². The van der Waals surface area contributed by atoms with Crippen molar-refractivity contribution >= 4 is 21.6 Å². The number of benzene rings is 2. The Kier molecular flexibility index (Phi) is 5.62. The van der Waals surface area contributed by atoms with Gasteiger partial charge in [0.2, 0.25) is 0 Å². The van der Waals surface area contributed by atoms with E-state index in [-0.39, 0.29) is 0 Å². The van der Waals surface area contributed by atoms with Crippen molar-refractivity contribution in [2.24, 2.45) is 5.73 Å². The molecule has 0 unspecified atom stereocenters. The molecule has 0 aliphatic rings. The molecule has 2 rings (SSSR count). The molecular formula is C17H21BrN2. The Morgan fingerprint density at radius 3 is 2.45 bits per heavy atom. The minimum absolute atomic E-state index is 0.567. The lowest BCUT2D eigenvalue weighted by molar-refractivity contribution is 0.766. The molecule has 0 spiro atoms. The van der Waals surface area contributed by atoms with Gasteiger partial charge in [-0.15, -0.1) is 0 Å². The summed E-state index contributed by atoms with van der Waals surface area (Å²) in [4.78, 5) is 2.40. The molecule has 0 saturated heterocycles. The first-order valence-electron chi connectivity index (χ1n) is 7.01. The maximum Gasteiger partial charge on any atom is 0.0429 e. The van der Waals surface area contributed by atoms with E-state index in [0.717, 1.165) is 29.5 Å². The maximum absolute atomic E-state index is 5.77. The smallest absolute Gasteiger partial charge is 0.0429 e. The Labute approximate surface area is 129 Å². The van der Waals surface area contributed by atoms with E-state index < -0.39 is 0 Å². The minimum atomic E-state index is 0.567. The normalized spacial score (nSPS) is 10.6. The molecule has 0 aromatic heterocycles. The van der Waals surface area contributed by atoms with Crippen molar-refractivity contribution in [3.05, 3.63) is 64.1 Å². The second-order valence-electron chi connectivity index (χ2n) is 4.93. The minimum Gasteiger partial charge on any atom is -0.367 e. The summed E-state index contributed by atoms with van der Waals surface area (Å²) < 4.78 is 1.09. The van der Waals surface area contributed by atoms with Crippen LogP contribution in [0, 0.1) is 0 Å². The fourth-order valence-electron chi connectivity index (χ4n) is 2.31. The third-order valence-electron chi connectivity index (χ3n) is 3.25. The van der Waals surface area contributed by atoms with Gasteiger partial charge in [0.25, 0.3) is 0 Å². The molecule has 20 heavy (non-hydrogen) atoms. The Hall–Kier alpha value is -1.32. The summed E-state index contributed by atoms with van der Waals surface area (Å²) >= 11 is 3.58. The van der Waals surface area contributed by atoms with Crippen LogP contribution in [0.1, 0.15) is 24.5 Å². The van der Waals surface area contributed by atoms with E-state index in [4.69, 9.17) is 5.73 Å². The van der Waals surface area contributed by atoms with Crippen molar-refractivity contribution in [3.63, 3.8) is 0 Å². The SMILES string of the molecule is CCCN(Cc1ccccc1)c1cc(Br)cc(CN)c1. The molecule has 0 aliphatic carbocycles. The molecule has 2 nitrogen and oxygen atoms in total. The van der Waals surface area contributed by atoms with Crippen molar-refractivity contribution in [1.82, 2.24) is 0 Å². The maximum atomic E-state index is 5.77. The zero-order chi connectivity index (χ0) is 14.4. The highest BCUT2D eigenvalue weighted by molar-refractivity contribution is 9.10. The van der Waals surface area contributed by atoms with Crippen LogP contribution in [0.15, 0.2) is 53.0 Å². The van der Waals surface area contributed by atoms with Crippen LogP contribution in [0.3, 0.4) is 0 Å². The first kappa shape index (κ1) is 15.1. The van der Waals surface area contributed by atoms with Gasteiger partial charge >= 0.3 is 0 Å². The van der Waals surface area contributed by atoms with Gasteiger partial charge in [0.15, 0.2) is 0 Å². The summed E-state index contributed by atoms with van der Waals surface area (Å²) in [7, 11) is 0. The second-order valence-corrected chi connectivity index (χ2v) is 5.84. The lowest BCUT2D eigenvalue weighted by Crippen LogP contribution is -2.23. The first-order chi connectivity index (χ1) is 9.72. The monoisotopic (exact) mass is 332 g/mol. The molecule has 0 atom stereocenters. The molecular weight excluding hydrogens is 312 g/mol. The Balaban J connectivity index is 2.26. The van der Waals surface area contributed by atoms with Crippen LogP contribution in [0.25, 0.3) is 0 Å². The molecule has 0 amide bonds. The average Bonchev–Trinajstić information content (AvgIpc) is 2.47. The van der Waals surface area contributed by atoms with Gasteiger partial charge in [0, 0.05) is 29.8 Å². The molecule has 2 aromatic rings. The Morgan fingerprint density at radius 2 is 1.80 bits per heavy atom. The van der Waals surface area contributed by atoms with E-state index >= 15 is 0 Å². The largest absolute Gasteiger partial charge is 0.367 e. The van der Waals surface area contributed by atoms with E-state index in [1.165, 1.54) is 11.3 Å². The predicted molar refractivity (Wildman–Crippen MR) is 89.8 cm³/mol. The third kappa shape index (κ3) is 4.09. The van der Waals surface area contributed by atoms with Crippen molar-refractivity contribution in [2.75, 3.05) is 11.4 Å². The summed E-state index contributed by atoms with van der Waals surface area (Å²) in [5, 5.41) is 0. The number of nitrogens with zero attached hydrogens (tertiary/aromatic N) is 1. The zero-order valence-electron chi connectivity index (χ0n) is 11.8. The summed E-state index contributed by atoms with van der Waals surface area (Å²) in [6, 6.07) is 17.0. The number of anilines is 1. The molecule has 2 N–H and O–H groups in total. The van der Waals surface area contributed by atoms with Gasteiger partial charge in [0.05, 0.1) is 0 Å². The van der Waals surface area contributed by atoms with Gasteiger partial charge in [-0.2, -0.15) is 0 Å². The summed E-state index contributed by atoms with van der Waals surface area (Å²) in [6.45, 7) is 4.74. The van der Waals surface area contributed by atoms with Gasteiger partial charge in [0.1, 0.15) is 0 Å². The molecule has 3 heteroatoms. The Bertz CT molecular complexity index is 540. The predicted octanol–water partition coefficient (Wildman–Crippen LogP) is 4.32. The summed E-state index contributed by atoms with van der Waals surface area (Å²) in [5.41, 5.74) is 9.49. The van der Waals surface area contributed by atoms with E-state index in [9.17, 15) is 0 Å². The van der Waals surface area contributed by atoms with Crippen LogP contribution in [0.5, 0.6) is 0 Å². The topological polar surface area (TPSA) is 29.3 Å². The van der Waals surface area contributed by atoms with Crippen LogP contribution in [0.2, 0.25) is 0 Å². The first-order valence-corrected chi connectivity index (χ1v) is 7.80. The van der Waals surface area contributed by atoms with E-state index in [1.54, 1.807) is 0 Å². The third-order valence-corrected chi connectivity index (χ3v) is 3.71. The van der Waals surface area contributed by atoms with Crippen LogP contribution in [-0.4, -0.2) is 6.54 Å². The number of hydrogen-bond acceptors (Lipinski definition) is 2. The molecule has 0 aliphatic heterocycles. The van der Waals surface area contributed by atoms with Crippen molar-refractivity contribution in [3.8, 4) is 0 Å². The van der Waals surface area contributed by atoms with Gasteiger partial charge in [-0.05, 0) is 35.7 Å². The quantitative estimate of drug-likeness (QED) is 0.853. The summed E-state index contributed by atoms with van der Waals surface area (Å²) in [5.74, 6) is 0. The molecule has 0 saturated carbocycles. The summed E-state index contributed by atoms with van der Waals surface area (Å²) in [6.07, 6.45) is 1.12. The van der Waals surface area contributed by atoms with Crippen LogP contribution in [-0.2, 0) is 13.1 Å². The number of rotatable bonds is 6. The van der Waals surface area contributed by atoms with Crippen molar-refractivity contribution in [1.29, 1.82) is 0 Å². The Morgan fingerprint density at radius 1 is 1.05 bits per heavy atom. The molecule has 0 radical (unpaired) electrons. The highest BCUT2D eigenvalue weighted by Gasteiger charge is 2.08. The number of halogens is 1. The van der Waals surface area contributed by atoms with Crippen LogP contribution < -0.4 is 10.6 Å². The van der Waals surface area contributed by atoms with Gasteiger partial charge in [-0.25, -0.2) is 0 Å². The van der Waals surface area contributed by atoms with E-state index in [0.29, 0.717) is 6.54 Å². The van der Waals surface area contributed by atoms with Crippen molar-refractivity contribution in [2.45, 2.75) is 26.4 Å². The molecule has 0 fully saturated rings.